The molecule has 0 unspecified atom stereocenters. The monoisotopic (exact) mass is 284 g/mol. The number of nitrogens with one attached hydrogen (secondary N) is 2. The van der Waals surface area contributed by atoms with Crippen molar-refractivity contribution >= 4 is 11.6 Å². The zero-order chi connectivity index (χ0) is 15.1. The molecule has 0 atom stereocenters. The third-order valence-electron chi connectivity index (χ3n) is 3.33. The van der Waals surface area contributed by atoms with Crippen molar-refractivity contribution in [3.8, 4) is 0 Å². The van der Waals surface area contributed by atoms with E-state index in [4.69, 9.17) is 0 Å². The van der Waals surface area contributed by atoms with Crippen molar-refractivity contribution in [2.75, 3.05) is 5.32 Å². The zero-order valence-electron chi connectivity index (χ0n) is 12.2. The summed E-state index contributed by atoms with van der Waals surface area (Å²) in [5.74, 6) is -0.231. The molecule has 0 saturated carbocycles. The maximum absolute atomic E-state index is 12.0. The van der Waals surface area contributed by atoms with E-state index in [1.807, 2.05) is 24.3 Å². The molecule has 4 heteroatoms. The number of anilines is 1. The molecule has 2 rings (SSSR count). The Labute approximate surface area is 124 Å². The molecule has 1 aromatic carbocycles. The minimum atomic E-state index is -0.231. The van der Waals surface area contributed by atoms with Gasteiger partial charge in [0.15, 0.2) is 0 Å². The summed E-state index contributed by atoms with van der Waals surface area (Å²) in [5.41, 5.74) is 2.25. The van der Waals surface area contributed by atoms with Gasteiger partial charge >= 0.3 is 0 Å². The fourth-order valence-electron chi connectivity index (χ4n) is 2.09. The van der Waals surface area contributed by atoms with Crippen LogP contribution in [0.4, 0.5) is 5.69 Å². The van der Waals surface area contributed by atoms with Crippen LogP contribution in [-0.2, 0) is 6.42 Å². The topological polar surface area (TPSA) is 62.0 Å². The number of carbonyl (C=O) groups is 1. The highest BCUT2D eigenvalue weighted by Gasteiger charge is 2.05. The van der Waals surface area contributed by atoms with E-state index >= 15 is 0 Å². The number of hydrogen-bond acceptors (Lipinski definition) is 2. The van der Waals surface area contributed by atoms with Crippen molar-refractivity contribution in [3.63, 3.8) is 0 Å². The summed E-state index contributed by atoms with van der Waals surface area (Å²) in [6, 6.07) is 10.7. The summed E-state index contributed by atoms with van der Waals surface area (Å²) in [7, 11) is 0. The average Bonchev–Trinajstić information content (AvgIpc) is 2.50. The predicted octanol–water partition coefficient (Wildman–Crippen LogP) is 3.36. The van der Waals surface area contributed by atoms with Gasteiger partial charge in [0.2, 0.25) is 5.56 Å². The molecule has 0 bridgehead atoms. The van der Waals surface area contributed by atoms with E-state index in [0.717, 1.165) is 12.1 Å². The highest BCUT2D eigenvalue weighted by Crippen LogP contribution is 2.13. The summed E-state index contributed by atoms with van der Waals surface area (Å²) in [6.45, 7) is 2.19. The van der Waals surface area contributed by atoms with Crippen LogP contribution in [0.2, 0.25) is 0 Å². The van der Waals surface area contributed by atoms with Crippen LogP contribution in [0.15, 0.2) is 47.4 Å². The van der Waals surface area contributed by atoms with Crippen LogP contribution in [0.1, 0.15) is 42.1 Å². The Kier molecular flexibility index (Phi) is 5.32. The molecule has 0 spiro atoms. The van der Waals surface area contributed by atoms with Gasteiger partial charge in [-0.2, -0.15) is 0 Å². The fourth-order valence-corrected chi connectivity index (χ4v) is 2.09. The highest BCUT2D eigenvalue weighted by atomic mass is 16.1. The smallest absolute Gasteiger partial charge is 0.257 e. The summed E-state index contributed by atoms with van der Waals surface area (Å²) < 4.78 is 0. The first-order valence-corrected chi connectivity index (χ1v) is 7.28. The average molecular weight is 284 g/mol. The van der Waals surface area contributed by atoms with Gasteiger partial charge in [-0.25, -0.2) is 0 Å². The number of amides is 1. The lowest BCUT2D eigenvalue weighted by Gasteiger charge is -2.06. The number of aromatic nitrogens is 1. The molecule has 0 saturated heterocycles. The molecule has 0 fully saturated rings. The molecular formula is C17H20N2O2. The second kappa shape index (κ2) is 7.43. The van der Waals surface area contributed by atoms with E-state index in [2.05, 4.69) is 17.2 Å². The number of aryl methyl sites for hydroxylation is 1. The number of aromatic amines is 1. The van der Waals surface area contributed by atoms with Crippen LogP contribution in [0.5, 0.6) is 0 Å². The Morgan fingerprint density at radius 1 is 1.10 bits per heavy atom. The van der Waals surface area contributed by atoms with Crippen molar-refractivity contribution in [1.82, 2.24) is 4.98 Å². The number of H-pyrrole nitrogens is 1. The number of carbonyl (C=O) groups excluding carboxylic acids is 1. The first-order chi connectivity index (χ1) is 10.2. The summed E-state index contributed by atoms with van der Waals surface area (Å²) >= 11 is 0. The molecule has 0 radical (unpaired) electrons. The highest BCUT2D eigenvalue weighted by molar-refractivity contribution is 6.03. The summed E-state index contributed by atoms with van der Waals surface area (Å²) in [4.78, 5) is 25.4. The normalized spacial score (nSPS) is 10.3. The summed E-state index contributed by atoms with van der Waals surface area (Å²) in [5, 5.41) is 2.81. The molecule has 0 aliphatic heterocycles. The first kappa shape index (κ1) is 15.0. The Morgan fingerprint density at radius 3 is 2.48 bits per heavy atom. The molecule has 110 valence electrons. The lowest BCUT2D eigenvalue weighted by atomic mass is 10.1. The Hall–Kier alpha value is -2.36. The van der Waals surface area contributed by atoms with Crippen LogP contribution < -0.4 is 10.9 Å². The quantitative estimate of drug-likeness (QED) is 0.799. The fraction of sp³-hybridized carbons (Fsp3) is 0.294. The van der Waals surface area contributed by atoms with Crippen LogP contribution >= 0.6 is 0 Å². The maximum Gasteiger partial charge on any atom is 0.257 e. The number of hydrogen-bond donors (Lipinski definition) is 2. The Bertz CT molecular complexity index is 624. The van der Waals surface area contributed by atoms with Gasteiger partial charge in [-0.05, 0) is 36.6 Å². The van der Waals surface area contributed by atoms with E-state index in [-0.39, 0.29) is 11.5 Å². The number of unbranched alkanes of at least 4 members (excludes halogenated alkanes) is 2. The van der Waals surface area contributed by atoms with Gasteiger partial charge < -0.3 is 10.3 Å². The number of rotatable bonds is 6. The van der Waals surface area contributed by atoms with Gasteiger partial charge in [-0.3, -0.25) is 9.59 Å². The minimum absolute atomic E-state index is 0.219. The predicted molar refractivity (Wildman–Crippen MR) is 84.7 cm³/mol. The van der Waals surface area contributed by atoms with Gasteiger partial charge in [0, 0.05) is 18.0 Å². The van der Waals surface area contributed by atoms with Crippen molar-refractivity contribution in [2.45, 2.75) is 32.6 Å². The van der Waals surface area contributed by atoms with E-state index < -0.39 is 0 Å². The van der Waals surface area contributed by atoms with Crippen LogP contribution in [0.3, 0.4) is 0 Å². The second-order valence-corrected chi connectivity index (χ2v) is 5.05. The SMILES string of the molecule is CCCCCc1ccc(NC(=O)c2ccc(=O)[nH]c2)cc1. The molecular weight excluding hydrogens is 264 g/mol. The molecule has 0 aliphatic carbocycles. The lowest BCUT2D eigenvalue weighted by molar-refractivity contribution is 0.102. The van der Waals surface area contributed by atoms with Crippen molar-refractivity contribution in [2.24, 2.45) is 0 Å². The molecule has 2 N–H and O–H groups in total. The van der Waals surface area contributed by atoms with Gasteiger partial charge in [0.25, 0.3) is 5.91 Å². The molecule has 2 aromatic rings. The van der Waals surface area contributed by atoms with Gasteiger partial charge in [-0.15, -0.1) is 0 Å². The molecule has 1 amide bonds. The van der Waals surface area contributed by atoms with Gasteiger partial charge in [0.05, 0.1) is 5.56 Å². The van der Waals surface area contributed by atoms with Crippen LogP contribution in [0, 0.1) is 0 Å². The van der Waals surface area contributed by atoms with E-state index in [1.54, 1.807) is 0 Å². The third kappa shape index (κ3) is 4.60. The molecule has 1 heterocycles. The van der Waals surface area contributed by atoms with Crippen molar-refractivity contribution in [3.05, 3.63) is 64.1 Å². The second-order valence-electron chi connectivity index (χ2n) is 5.05. The first-order valence-electron chi connectivity index (χ1n) is 7.28. The molecule has 21 heavy (non-hydrogen) atoms. The summed E-state index contributed by atoms with van der Waals surface area (Å²) in [6.07, 6.45) is 6.14. The number of pyridine rings is 1. The minimum Gasteiger partial charge on any atom is -0.328 e. The maximum atomic E-state index is 12.0. The largest absolute Gasteiger partial charge is 0.328 e. The van der Waals surface area contributed by atoms with Gasteiger partial charge in [-0.1, -0.05) is 31.9 Å². The van der Waals surface area contributed by atoms with Gasteiger partial charge in [0.1, 0.15) is 0 Å². The van der Waals surface area contributed by atoms with Crippen molar-refractivity contribution in [1.29, 1.82) is 0 Å². The van der Waals surface area contributed by atoms with Crippen LogP contribution in [-0.4, -0.2) is 10.9 Å². The van der Waals surface area contributed by atoms with E-state index in [0.29, 0.717) is 5.56 Å². The number of benzene rings is 1. The standard InChI is InChI=1S/C17H20N2O2/c1-2-3-4-5-13-6-9-15(10-7-13)19-17(21)14-8-11-16(20)18-12-14/h6-12H,2-5H2,1H3,(H,18,20)(H,19,21). The molecule has 4 nitrogen and oxygen atoms in total. The Balaban J connectivity index is 1.95. The van der Waals surface area contributed by atoms with E-state index in [9.17, 15) is 9.59 Å². The Morgan fingerprint density at radius 2 is 1.86 bits per heavy atom. The molecule has 0 aliphatic rings. The molecule has 1 aromatic heterocycles. The van der Waals surface area contributed by atoms with E-state index in [1.165, 1.54) is 43.2 Å². The van der Waals surface area contributed by atoms with Crippen LogP contribution in [0.25, 0.3) is 0 Å². The lowest BCUT2D eigenvalue weighted by Crippen LogP contribution is -2.14. The zero-order valence-corrected chi connectivity index (χ0v) is 12.2. The third-order valence-corrected chi connectivity index (χ3v) is 3.33. The van der Waals surface area contributed by atoms with Crippen molar-refractivity contribution < 1.29 is 4.79 Å².